The molecule has 1 aliphatic carbocycles. The Morgan fingerprint density at radius 2 is 1.15 bits per heavy atom. The Morgan fingerprint density at radius 1 is 0.646 bits per heavy atom. The normalized spacial score (nSPS) is 18.0. The third kappa shape index (κ3) is 20.0. The number of carbonyl (C=O) groups is 6. The van der Waals surface area contributed by atoms with Gasteiger partial charge in [-0.15, -0.1) is 0 Å². The Labute approximate surface area is 496 Å². The number of unbranched alkanes of at least 4 members (excludes halogenated alkanes) is 2. The first-order valence-corrected chi connectivity index (χ1v) is 30.5. The van der Waals surface area contributed by atoms with Crippen molar-refractivity contribution in [3.05, 3.63) is 95.6 Å². The molecule has 0 spiro atoms. The van der Waals surface area contributed by atoms with Gasteiger partial charge in [0.25, 0.3) is 0 Å². The highest BCUT2D eigenvalue weighted by atomic mass is 35.6. The number of alkyl carbamates (subject to hydrolysis) is 1. The van der Waals surface area contributed by atoms with Crippen LogP contribution in [0.5, 0.6) is 0 Å². The van der Waals surface area contributed by atoms with E-state index >= 15 is 0 Å². The average molecular weight is 1230 g/mol. The smallest absolute Gasteiger partial charge is 0.459 e. The molecule has 82 heavy (non-hydrogen) atoms. The molecule has 3 amide bonds. The molecule has 5 atom stereocenters. The van der Waals surface area contributed by atoms with Crippen LogP contribution in [0.3, 0.4) is 0 Å². The van der Waals surface area contributed by atoms with E-state index in [2.05, 4.69) is 5.32 Å². The van der Waals surface area contributed by atoms with Gasteiger partial charge in [0.2, 0.25) is 3.79 Å². The number of benzene rings is 3. The van der Waals surface area contributed by atoms with Gasteiger partial charge in [-0.2, -0.15) is 0 Å². The summed E-state index contributed by atoms with van der Waals surface area (Å²) in [5.74, 6) is -3.41. The lowest BCUT2D eigenvalue weighted by Crippen LogP contribution is -2.67. The van der Waals surface area contributed by atoms with Crippen LogP contribution in [-0.2, 0) is 60.9 Å². The maximum absolute atomic E-state index is 14.9. The van der Waals surface area contributed by atoms with E-state index in [1.807, 2.05) is 90.1 Å². The van der Waals surface area contributed by atoms with Gasteiger partial charge in [-0.25, -0.2) is 23.7 Å². The number of halogens is 3. The van der Waals surface area contributed by atoms with Crippen LogP contribution in [0, 0.1) is 0 Å². The molecule has 454 valence electrons. The topological polar surface area (TPSA) is 230 Å². The number of carbonyl (C=O) groups excluding carboxylic acids is 6. The molecule has 0 aromatic heterocycles. The van der Waals surface area contributed by atoms with Crippen LogP contribution < -0.4 is 5.32 Å². The molecule has 1 aliphatic heterocycles. The molecule has 0 radical (unpaired) electrons. The van der Waals surface area contributed by atoms with Gasteiger partial charge in [0, 0.05) is 18.0 Å². The first kappa shape index (κ1) is 67.6. The van der Waals surface area contributed by atoms with Crippen molar-refractivity contribution in [1.29, 1.82) is 0 Å². The molecule has 0 unspecified atom stereocenters. The molecule has 24 heteroatoms. The minimum absolute atomic E-state index is 0.0730. The lowest BCUT2D eigenvalue weighted by molar-refractivity contribution is -0.260. The number of hydrogen-bond donors (Lipinski definition) is 1. The Hall–Kier alpha value is -5.18. The number of phosphoric ester groups is 1. The molecule has 1 fully saturated rings. The van der Waals surface area contributed by atoms with Crippen LogP contribution in [0.4, 0.5) is 14.4 Å². The summed E-state index contributed by atoms with van der Waals surface area (Å²) in [5, 5.41) is 2.49. The van der Waals surface area contributed by atoms with Crippen molar-refractivity contribution in [3.63, 3.8) is 0 Å². The van der Waals surface area contributed by atoms with Gasteiger partial charge in [-0.05, 0) is 93.7 Å². The summed E-state index contributed by atoms with van der Waals surface area (Å²) in [6.07, 6.45) is -7.12. The highest BCUT2D eigenvalue weighted by molar-refractivity contribution is 7.48. The van der Waals surface area contributed by atoms with Crippen molar-refractivity contribution in [2.75, 3.05) is 46.1 Å². The SMILES string of the molecule is CCCCOP(=O)(OCCCC)O[C@@H]1O[C@H](COC(=O)c2ccccc2)[C@@H](OC(=O)CN(C(=O)OCC2c3ccccc3-c3ccccc32)C(CC)CC)[C@H](OC(=O)CN(C(=O)OC(C)(C)C)C(CC)CC)[C@H]1NC(=O)OCC(Cl)(Cl)Cl. The third-order valence-electron chi connectivity index (χ3n) is 13.5. The number of hydrogen-bond acceptors (Lipinski definition) is 17. The molecule has 20 nitrogen and oxygen atoms in total. The summed E-state index contributed by atoms with van der Waals surface area (Å²) >= 11 is 17.9. The lowest BCUT2D eigenvalue weighted by Gasteiger charge is -2.45. The van der Waals surface area contributed by atoms with E-state index in [1.54, 1.807) is 39.0 Å². The van der Waals surface area contributed by atoms with Crippen molar-refractivity contribution in [3.8, 4) is 11.1 Å². The predicted octanol–water partition coefficient (Wildman–Crippen LogP) is 12.5. The van der Waals surface area contributed by atoms with Gasteiger partial charge in [0.05, 0.1) is 18.8 Å². The summed E-state index contributed by atoms with van der Waals surface area (Å²) in [6.45, 7) is 12.6. The largest absolute Gasteiger partial charge is 0.477 e. The highest BCUT2D eigenvalue weighted by Gasteiger charge is 2.55. The van der Waals surface area contributed by atoms with Crippen molar-refractivity contribution in [2.24, 2.45) is 0 Å². The first-order valence-electron chi connectivity index (χ1n) is 27.9. The summed E-state index contributed by atoms with van der Waals surface area (Å²) in [4.78, 5) is 88.0. The molecule has 1 heterocycles. The van der Waals surface area contributed by atoms with Crippen LogP contribution in [0.2, 0.25) is 0 Å². The van der Waals surface area contributed by atoms with E-state index in [0.29, 0.717) is 51.4 Å². The quantitative estimate of drug-likeness (QED) is 0.0224. The van der Waals surface area contributed by atoms with Gasteiger partial charge in [0.15, 0.2) is 18.5 Å². The maximum Gasteiger partial charge on any atom is 0.477 e. The van der Waals surface area contributed by atoms with E-state index in [-0.39, 0.29) is 31.3 Å². The molecule has 2 aliphatic rings. The summed E-state index contributed by atoms with van der Waals surface area (Å²) in [5.41, 5.74) is 3.08. The van der Waals surface area contributed by atoms with Crippen LogP contribution in [0.1, 0.15) is 141 Å². The fourth-order valence-electron chi connectivity index (χ4n) is 9.37. The second-order valence-corrected chi connectivity index (χ2v) is 24.8. The lowest BCUT2D eigenvalue weighted by atomic mass is 9.96. The second kappa shape index (κ2) is 32.2. The van der Waals surface area contributed by atoms with Crippen molar-refractivity contribution < 1.29 is 80.1 Å². The monoisotopic (exact) mass is 1230 g/mol. The number of esters is 3. The molecule has 5 rings (SSSR count). The van der Waals surface area contributed by atoms with Crippen molar-refractivity contribution >= 4 is 78.8 Å². The number of nitrogens with one attached hydrogen (secondary N) is 1. The number of rotatable bonds is 29. The molecule has 3 aromatic carbocycles. The van der Waals surface area contributed by atoms with Gasteiger partial charge in [-0.3, -0.25) is 33.0 Å². The number of alkyl halides is 3. The predicted molar refractivity (Wildman–Crippen MR) is 308 cm³/mol. The Kier molecular flexibility index (Phi) is 26.5. The molecular formula is C58H79Cl3N3O17P. The van der Waals surface area contributed by atoms with Crippen molar-refractivity contribution in [1.82, 2.24) is 15.1 Å². The Morgan fingerprint density at radius 3 is 1.65 bits per heavy atom. The van der Waals surface area contributed by atoms with Crippen molar-refractivity contribution in [2.45, 2.75) is 172 Å². The zero-order valence-corrected chi connectivity index (χ0v) is 51.3. The van der Waals surface area contributed by atoms with E-state index < -0.39 is 122 Å². The summed E-state index contributed by atoms with van der Waals surface area (Å²) in [6, 6.07) is 20.5. The number of amides is 3. The standard InChI is InChI=1S/C58H79Cl3N3O17P/c1-10-16-31-75-82(71,76-32-17-11-2)81-53-49(62-54(68)74-37-58(59,60)61)51(79-48(66)34-64(40(14-5)15-6)56(70)80-57(7,8)9)50(46(77-53)36-72-52(67)38-25-19-18-20-26-38)78-47(65)33-63(39(12-3)13-4)55(69)73-35-45-43-29-23-21-27-41(43)42-28-22-24-30-44(42)45/h18-30,39-40,45-46,49-51,53H,10-17,31-37H2,1-9H3,(H,62,68)/t46-,49-,50-,51-,53+/m1/s1. The van der Waals surface area contributed by atoms with Crippen LogP contribution in [-0.4, -0.2) is 144 Å². The molecule has 1 saturated heterocycles. The van der Waals surface area contributed by atoms with Gasteiger partial charge in [-0.1, -0.05) is 156 Å². The van der Waals surface area contributed by atoms with Gasteiger partial charge in [0.1, 0.15) is 50.7 Å². The minimum atomic E-state index is -4.73. The Bertz CT molecular complexity index is 2560. The van der Waals surface area contributed by atoms with Gasteiger partial charge < -0.3 is 38.5 Å². The zero-order chi connectivity index (χ0) is 60.2. The molecule has 0 saturated carbocycles. The second-order valence-electron chi connectivity index (χ2n) is 20.7. The van der Waals surface area contributed by atoms with E-state index in [9.17, 15) is 33.3 Å². The summed E-state index contributed by atoms with van der Waals surface area (Å²) in [7, 11) is -4.73. The van der Waals surface area contributed by atoms with Crippen LogP contribution in [0.15, 0.2) is 78.9 Å². The fraction of sp³-hybridized carbons (Fsp3) is 0.586. The number of ether oxygens (including phenoxy) is 7. The molecule has 0 bridgehead atoms. The van der Waals surface area contributed by atoms with Crippen LogP contribution >= 0.6 is 42.6 Å². The minimum Gasteiger partial charge on any atom is -0.459 e. The first-order chi connectivity index (χ1) is 39.0. The fourth-order valence-corrected chi connectivity index (χ4v) is 10.9. The van der Waals surface area contributed by atoms with E-state index in [0.717, 1.165) is 22.3 Å². The number of phosphoric acid groups is 1. The molecule has 1 N–H and O–H groups in total. The van der Waals surface area contributed by atoms with Crippen LogP contribution in [0.25, 0.3) is 11.1 Å². The number of nitrogens with zero attached hydrogens (tertiary/aromatic N) is 2. The zero-order valence-electron chi connectivity index (χ0n) is 48.1. The molecule has 3 aromatic rings. The molecular weight excluding hydrogens is 1150 g/mol. The number of fused-ring (bicyclic) bond motifs is 3. The van der Waals surface area contributed by atoms with E-state index in [4.69, 9.17) is 81.5 Å². The van der Waals surface area contributed by atoms with Gasteiger partial charge >= 0.3 is 44.0 Å². The summed E-state index contributed by atoms with van der Waals surface area (Å²) < 4.78 is 72.3. The maximum atomic E-state index is 14.9. The highest BCUT2D eigenvalue weighted by Crippen LogP contribution is 2.53. The Balaban J connectivity index is 1.63. The van der Waals surface area contributed by atoms with E-state index in [1.165, 1.54) is 21.9 Å². The third-order valence-corrected chi connectivity index (χ3v) is 15.3. The average Bonchev–Trinajstić information content (AvgIpc) is 3.90.